The van der Waals surface area contributed by atoms with Gasteiger partial charge in [0.2, 0.25) is 0 Å². The van der Waals surface area contributed by atoms with Crippen LogP contribution < -0.4 is 5.32 Å². The Hall–Kier alpha value is -0.960. The summed E-state index contributed by atoms with van der Waals surface area (Å²) in [5.74, 6) is 1.61. The molecule has 0 spiro atoms. The van der Waals surface area contributed by atoms with Crippen molar-refractivity contribution < 1.29 is 0 Å². The van der Waals surface area contributed by atoms with Gasteiger partial charge >= 0.3 is 0 Å². The molecule has 0 aliphatic heterocycles. The predicted octanol–water partition coefficient (Wildman–Crippen LogP) is 2.54. The van der Waals surface area contributed by atoms with Gasteiger partial charge in [0.25, 0.3) is 0 Å². The highest BCUT2D eigenvalue weighted by atomic mass is 15.0. The summed E-state index contributed by atoms with van der Waals surface area (Å²) in [6, 6.07) is 0.740. The van der Waals surface area contributed by atoms with Crippen LogP contribution in [0.15, 0.2) is 0 Å². The monoisotopic (exact) mass is 233 g/mol. The Bertz CT molecular complexity index is 371. The van der Waals surface area contributed by atoms with E-state index in [9.17, 15) is 0 Å². The molecule has 94 valence electrons. The number of hydrogen-bond acceptors (Lipinski definition) is 3. The molecule has 0 aromatic carbocycles. The van der Waals surface area contributed by atoms with E-state index in [1.54, 1.807) is 0 Å². The zero-order chi connectivity index (χ0) is 12.4. The SMILES string of the molecule is Cc1nc(CC(C)C)nc(C)c1CNC1CC1. The van der Waals surface area contributed by atoms with Crippen molar-refractivity contribution in [3.63, 3.8) is 0 Å². The van der Waals surface area contributed by atoms with E-state index in [1.807, 2.05) is 0 Å². The highest BCUT2D eigenvalue weighted by Gasteiger charge is 2.21. The lowest BCUT2D eigenvalue weighted by atomic mass is 10.1. The molecule has 1 aliphatic rings. The van der Waals surface area contributed by atoms with E-state index < -0.39 is 0 Å². The third-order valence-corrected chi connectivity index (χ3v) is 3.20. The number of rotatable bonds is 5. The first-order valence-electron chi connectivity index (χ1n) is 6.62. The molecule has 0 bridgehead atoms. The summed E-state index contributed by atoms with van der Waals surface area (Å²) in [6.45, 7) is 9.53. The third kappa shape index (κ3) is 3.50. The second-order valence-corrected chi connectivity index (χ2v) is 5.54. The van der Waals surface area contributed by atoms with E-state index in [1.165, 1.54) is 18.4 Å². The van der Waals surface area contributed by atoms with Gasteiger partial charge in [-0.3, -0.25) is 0 Å². The van der Waals surface area contributed by atoms with Crippen LogP contribution in [0.5, 0.6) is 0 Å². The maximum Gasteiger partial charge on any atom is 0.129 e. The number of aromatic nitrogens is 2. The molecule has 0 amide bonds. The molecule has 3 nitrogen and oxygen atoms in total. The fourth-order valence-electron chi connectivity index (χ4n) is 2.06. The first kappa shape index (κ1) is 12.5. The van der Waals surface area contributed by atoms with E-state index in [-0.39, 0.29) is 0 Å². The van der Waals surface area contributed by atoms with Crippen molar-refractivity contribution in [2.24, 2.45) is 5.92 Å². The average Bonchev–Trinajstić information content (AvgIpc) is 2.98. The molecule has 1 fully saturated rings. The van der Waals surface area contributed by atoms with Gasteiger partial charge in [0, 0.05) is 36.0 Å². The van der Waals surface area contributed by atoms with Gasteiger partial charge in [-0.1, -0.05) is 13.8 Å². The largest absolute Gasteiger partial charge is 0.310 e. The van der Waals surface area contributed by atoms with Crippen molar-refractivity contribution in [1.29, 1.82) is 0 Å². The number of nitrogens with one attached hydrogen (secondary N) is 1. The molecule has 0 radical (unpaired) electrons. The number of aryl methyl sites for hydroxylation is 2. The molecule has 2 rings (SSSR count). The van der Waals surface area contributed by atoms with E-state index in [4.69, 9.17) is 0 Å². The molecule has 0 unspecified atom stereocenters. The van der Waals surface area contributed by atoms with Gasteiger partial charge in [-0.25, -0.2) is 9.97 Å². The summed E-state index contributed by atoms with van der Waals surface area (Å²) in [6.07, 6.45) is 3.62. The maximum absolute atomic E-state index is 4.62. The summed E-state index contributed by atoms with van der Waals surface area (Å²) in [4.78, 5) is 9.24. The molecule has 3 heteroatoms. The average molecular weight is 233 g/mol. The van der Waals surface area contributed by atoms with Crippen LogP contribution in [0.2, 0.25) is 0 Å². The Kier molecular flexibility index (Phi) is 3.77. The Morgan fingerprint density at radius 3 is 2.24 bits per heavy atom. The molecule has 1 aromatic heterocycles. The third-order valence-electron chi connectivity index (χ3n) is 3.20. The van der Waals surface area contributed by atoms with Crippen molar-refractivity contribution in [3.8, 4) is 0 Å². The highest BCUT2D eigenvalue weighted by Crippen LogP contribution is 2.20. The van der Waals surface area contributed by atoms with Crippen LogP contribution in [0.3, 0.4) is 0 Å². The minimum absolute atomic E-state index is 0.615. The van der Waals surface area contributed by atoms with Crippen LogP contribution in [0.1, 0.15) is 49.5 Å². The zero-order valence-electron chi connectivity index (χ0n) is 11.4. The van der Waals surface area contributed by atoms with Gasteiger partial charge in [0.05, 0.1) is 0 Å². The quantitative estimate of drug-likeness (QED) is 0.849. The fraction of sp³-hybridized carbons (Fsp3) is 0.714. The second-order valence-electron chi connectivity index (χ2n) is 5.54. The lowest BCUT2D eigenvalue weighted by Gasteiger charge is -2.12. The lowest BCUT2D eigenvalue weighted by molar-refractivity contribution is 0.610. The van der Waals surface area contributed by atoms with E-state index in [2.05, 4.69) is 43.0 Å². The van der Waals surface area contributed by atoms with Crippen molar-refractivity contribution >= 4 is 0 Å². The van der Waals surface area contributed by atoms with E-state index in [0.717, 1.165) is 36.2 Å². The van der Waals surface area contributed by atoms with Gasteiger partial charge in [-0.05, 0) is 32.6 Å². The minimum Gasteiger partial charge on any atom is -0.310 e. The Labute approximate surface area is 104 Å². The van der Waals surface area contributed by atoms with Crippen LogP contribution in [-0.4, -0.2) is 16.0 Å². The number of hydrogen-bond donors (Lipinski definition) is 1. The molecule has 17 heavy (non-hydrogen) atoms. The van der Waals surface area contributed by atoms with E-state index in [0.29, 0.717) is 5.92 Å². The molecule has 1 heterocycles. The Balaban J connectivity index is 2.09. The topological polar surface area (TPSA) is 37.8 Å². The fourth-order valence-corrected chi connectivity index (χ4v) is 2.06. The van der Waals surface area contributed by atoms with Crippen LogP contribution >= 0.6 is 0 Å². The van der Waals surface area contributed by atoms with Crippen LogP contribution in [0.25, 0.3) is 0 Å². The Morgan fingerprint density at radius 2 is 1.76 bits per heavy atom. The molecular formula is C14H23N3. The van der Waals surface area contributed by atoms with Gasteiger partial charge in [-0.15, -0.1) is 0 Å². The molecule has 0 saturated heterocycles. The van der Waals surface area contributed by atoms with Gasteiger partial charge in [0.1, 0.15) is 5.82 Å². The van der Waals surface area contributed by atoms with Gasteiger partial charge in [-0.2, -0.15) is 0 Å². The summed E-state index contributed by atoms with van der Waals surface area (Å²) >= 11 is 0. The maximum atomic E-state index is 4.62. The molecule has 0 atom stereocenters. The Morgan fingerprint density at radius 1 is 1.18 bits per heavy atom. The number of nitrogens with zero attached hydrogens (tertiary/aromatic N) is 2. The van der Waals surface area contributed by atoms with Gasteiger partial charge in [0.15, 0.2) is 0 Å². The zero-order valence-corrected chi connectivity index (χ0v) is 11.4. The van der Waals surface area contributed by atoms with Crippen molar-refractivity contribution in [3.05, 3.63) is 22.8 Å². The first-order chi connectivity index (χ1) is 8.06. The summed E-state index contributed by atoms with van der Waals surface area (Å²) < 4.78 is 0. The molecule has 1 aromatic rings. The first-order valence-corrected chi connectivity index (χ1v) is 6.62. The highest BCUT2D eigenvalue weighted by molar-refractivity contribution is 5.24. The molecular weight excluding hydrogens is 210 g/mol. The van der Waals surface area contributed by atoms with Crippen LogP contribution in [-0.2, 0) is 13.0 Å². The summed E-state index contributed by atoms with van der Waals surface area (Å²) in [5.41, 5.74) is 3.56. The van der Waals surface area contributed by atoms with E-state index >= 15 is 0 Å². The van der Waals surface area contributed by atoms with Crippen molar-refractivity contribution in [2.75, 3.05) is 0 Å². The van der Waals surface area contributed by atoms with Crippen molar-refractivity contribution in [2.45, 2.75) is 59.5 Å². The molecule has 1 N–H and O–H groups in total. The predicted molar refractivity (Wildman–Crippen MR) is 69.9 cm³/mol. The lowest BCUT2D eigenvalue weighted by Crippen LogP contribution is -2.19. The minimum atomic E-state index is 0.615. The van der Waals surface area contributed by atoms with Crippen molar-refractivity contribution in [1.82, 2.24) is 15.3 Å². The smallest absolute Gasteiger partial charge is 0.129 e. The molecule has 1 saturated carbocycles. The summed E-state index contributed by atoms with van der Waals surface area (Å²) in [7, 11) is 0. The molecule has 1 aliphatic carbocycles. The van der Waals surface area contributed by atoms with Crippen LogP contribution in [0, 0.1) is 19.8 Å². The second kappa shape index (κ2) is 5.13. The summed E-state index contributed by atoms with van der Waals surface area (Å²) in [5, 5.41) is 3.53. The van der Waals surface area contributed by atoms with Crippen LogP contribution in [0.4, 0.5) is 0 Å². The normalized spacial score (nSPS) is 15.6. The standard InChI is InChI=1S/C14H23N3/c1-9(2)7-14-16-10(3)13(11(4)17-14)8-15-12-5-6-12/h9,12,15H,5-8H2,1-4H3. The van der Waals surface area contributed by atoms with Gasteiger partial charge < -0.3 is 5.32 Å².